The summed E-state index contributed by atoms with van der Waals surface area (Å²) in [6.07, 6.45) is 1.59. The average molecular weight is 627 g/mol. The van der Waals surface area contributed by atoms with Gasteiger partial charge in [0.15, 0.2) is 0 Å². The van der Waals surface area contributed by atoms with Gasteiger partial charge in [0.05, 0.1) is 30.1 Å². The van der Waals surface area contributed by atoms with Crippen molar-refractivity contribution >= 4 is 91.3 Å². The van der Waals surface area contributed by atoms with Gasteiger partial charge in [0.1, 0.15) is 18.9 Å². The molecule has 11 heteroatoms. The number of ether oxygens (including phenoxy) is 1. The molecule has 1 fully saturated rings. The molecule has 1 N–H and O–H groups in total. The number of para-hydroxylation sites is 1. The summed E-state index contributed by atoms with van der Waals surface area (Å²) in [5, 5.41) is 3.35. The third kappa shape index (κ3) is 6.44. The van der Waals surface area contributed by atoms with Gasteiger partial charge in [0.25, 0.3) is 11.1 Å². The summed E-state index contributed by atoms with van der Waals surface area (Å²) in [5.74, 6) is -0.490. The highest BCUT2D eigenvalue weighted by molar-refractivity contribution is 9.10. The van der Waals surface area contributed by atoms with Gasteiger partial charge in [-0.05, 0) is 81.3 Å². The van der Waals surface area contributed by atoms with Gasteiger partial charge in [-0.1, -0.05) is 59.1 Å². The molecule has 0 spiro atoms. The average Bonchev–Trinajstić information content (AvgIpc) is 3.09. The van der Waals surface area contributed by atoms with Crippen molar-refractivity contribution in [1.82, 2.24) is 4.90 Å². The molecule has 0 aliphatic carbocycles. The SMILES string of the molecule is O=C(CN1C(=O)S/C(=C/c2ccc(OCc3ccc(Cl)c(Cl)c3)c(Br)c2)C1=O)Nc1ccccc1Cl. The molecule has 0 radical (unpaired) electrons. The molecular formula is C25H16BrCl3N2O4S. The summed E-state index contributed by atoms with van der Waals surface area (Å²) < 4.78 is 6.50. The summed E-state index contributed by atoms with van der Waals surface area (Å²) >= 11 is 22.3. The first-order valence-electron chi connectivity index (χ1n) is 10.4. The minimum absolute atomic E-state index is 0.210. The lowest BCUT2D eigenvalue weighted by Gasteiger charge is -2.13. The minimum Gasteiger partial charge on any atom is -0.488 e. The lowest BCUT2D eigenvalue weighted by molar-refractivity contribution is -0.127. The molecule has 1 aliphatic rings. The molecule has 0 bridgehead atoms. The smallest absolute Gasteiger partial charge is 0.294 e. The highest BCUT2D eigenvalue weighted by atomic mass is 79.9. The van der Waals surface area contributed by atoms with Crippen LogP contribution >= 0.6 is 62.5 Å². The van der Waals surface area contributed by atoms with Crippen molar-refractivity contribution < 1.29 is 19.1 Å². The van der Waals surface area contributed by atoms with Gasteiger partial charge in [-0.2, -0.15) is 0 Å². The highest BCUT2D eigenvalue weighted by Crippen LogP contribution is 2.34. The maximum absolute atomic E-state index is 12.8. The first-order valence-corrected chi connectivity index (χ1v) is 13.1. The number of nitrogens with zero attached hydrogens (tertiary/aromatic N) is 1. The fourth-order valence-corrected chi connectivity index (χ4v) is 5.05. The van der Waals surface area contributed by atoms with E-state index in [-0.39, 0.29) is 11.5 Å². The second kappa shape index (κ2) is 11.7. The zero-order valence-electron chi connectivity index (χ0n) is 18.3. The van der Waals surface area contributed by atoms with E-state index >= 15 is 0 Å². The van der Waals surface area contributed by atoms with Gasteiger partial charge in [-0.3, -0.25) is 19.3 Å². The largest absolute Gasteiger partial charge is 0.488 e. The molecule has 0 aromatic heterocycles. The van der Waals surface area contributed by atoms with E-state index < -0.39 is 23.6 Å². The second-order valence-corrected chi connectivity index (χ2v) is 10.6. The van der Waals surface area contributed by atoms with E-state index in [1.165, 1.54) is 0 Å². The predicted molar refractivity (Wildman–Crippen MR) is 148 cm³/mol. The highest BCUT2D eigenvalue weighted by Gasteiger charge is 2.36. The molecule has 1 heterocycles. The Balaban J connectivity index is 1.40. The van der Waals surface area contributed by atoms with Crippen molar-refractivity contribution in [2.45, 2.75) is 6.61 Å². The number of imide groups is 1. The van der Waals surface area contributed by atoms with E-state index in [4.69, 9.17) is 39.5 Å². The van der Waals surface area contributed by atoms with E-state index in [2.05, 4.69) is 21.2 Å². The Bertz CT molecular complexity index is 1400. The number of hydrogen-bond acceptors (Lipinski definition) is 5. The molecular weight excluding hydrogens is 611 g/mol. The monoisotopic (exact) mass is 624 g/mol. The first-order chi connectivity index (χ1) is 17.2. The molecule has 3 aromatic carbocycles. The molecule has 1 aliphatic heterocycles. The zero-order valence-corrected chi connectivity index (χ0v) is 22.9. The van der Waals surface area contributed by atoms with Crippen LogP contribution in [-0.2, 0) is 16.2 Å². The summed E-state index contributed by atoms with van der Waals surface area (Å²) in [6.45, 7) is -0.137. The van der Waals surface area contributed by atoms with Gasteiger partial charge in [-0.15, -0.1) is 0 Å². The minimum atomic E-state index is -0.546. The third-order valence-corrected chi connectivity index (χ3v) is 7.55. The van der Waals surface area contributed by atoms with Crippen LogP contribution in [0.3, 0.4) is 0 Å². The molecule has 3 aromatic rings. The summed E-state index contributed by atoms with van der Waals surface area (Å²) in [5.41, 5.74) is 1.93. The number of amides is 3. The fraction of sp³-hybridized carbons (Fsp3) is 0.0800. The molecule has 6 nitrogen and oxygen atoms in total. The summed E-state index contributed by atoms with van der Waals surface area (Å²) in [6, 6.07) is 17.2. The van der Waals surface area contributed by atoms with Crippen molar-refractivity contribution in [2.75, 3.05) is 11.9 Å². The normalized spacial score (nSPS) is 14.4. The van der Waals surface area contributed by atoms with E-state index in [0.717, 1.165) is 22.2 Å². The van der Waals surface area contributed by atoms with E-state index in [0.29, 0.717) is 36.5 Å². The first kappa shape index (κ1) is 26.6. The van der Waals surface area contributed by atoms with E-state index in [1.54, 1.807) is 60.7 Å². The number of nitrogens with one attached hydrogen (secondary N) is 1. The van der Waals surface area contributed by atoms with Crippen molar-refractivity contribution in [2.24, 2.45) is 0 Å². The quantitative estimate of drug-likeness (QED) is 0.273. The van der Waals surface area contributed by atoms with Gasteiger partial charge in [0.2, 0.25) is 5.91 Å². The molecule has 0 saturated carbocycles. The molecule has 3 amide bonds. The number of halogens is 4. The molecule has 0 unspecified atom stereocenters. The van der Waals surface area contributed by atoms with Crippen LogP contribution in [0.4, 0.5) is 10.5 Å². The molecule has 184 valence electrons. The van der Waals surface area contributed by atoms with Crippen molar-refractivity contribution in [3.05, 3.63) is 96.2 Å². The Morgan fingerprint density at radius 3 is 2.50 bits per heavy atom. The van der Waals surface area contributed by atoms with Crippen LogP contribution in [0.5, 0.6) is 5.75 Å². The maximum Gasteiger partial charge on any atom is 0.294 e. The summed E-state index contributed by atoms with van der Waals surface area (Å²) in [7, 11) is 0. The van der Waals surface area contributed by atoms with Crippen molar-refractivity contribution in [1.29, 1.82) is 0 Å². The predicted octanol–water partition coefficient (Wildman–Crippen LogP) is 7.66. The van der Waals surface area contributed by atoms with Crippen molar-refractivity contribution in [3.63, 3.8) is 0 Å². The van der Waals surface area contributed by atoms with Gasteiger partial charge < -0.3 is 10.1 Å². The third-order valence-electron chi connectivity index (χ3n) is 4.96. The van der Waals surface area contributed by atoms with Crippen LogP contribution in [0, 0.1) is 0 Å². The Morgan fingerprint density at radius 1 is 1.00 bits per heavy atom. The molecule has 4 rings (SSSR count). The molecule has 36 heavy (non-hydrogen) atoms. The Kier molecular flexibility index (Phi) is 8.64. The Morgan fingerprint density at radius 2 is 1.78 bits per heavy atom. The Labute approximate surface area is 234 Å². The lowest BCUT2D eigenvalue weighted by atomic mass is 10.2. The zero-order chi connectivity index (χ0) is 25.8. The number of carbonyl (C=O) groups is 3. The van der Waals surface area contributed by atoms with Crippen LogP contribution in [-0.4, -0.2) is 28.5 Å². The van der Waals surface area contributed by atoms with E-state index in [9.17, 15) is 14.4 Å². The topological polar surface area (TPSA) is 75.7 Å². The van der Waals surface area contributed by atoms with Crippen LogP contribution in [0.25, 0.3) is 6.08 Å². The van der Waals surface area contributed by atoms with Crippen molar-refractivity contribution in [3.8, 4) is 5.75 Å². The van der Waals surface area contributed by atoms with E-state index in [1.807, 2.05) is 6.07 Å². The number of thioether (sulfide) groups is 1. The van der Waals surface area contributed by atoms with Crippen LogP contribution in [0.1, 0.15) is 11.1 Å². The lowest BCUT2D eigenvalue weighted by Crippen LogP contribution is -2.36. The number of hydrogen-bond donors (Lipinski definition) is 1. The maximum atomic E-state index is 12.8. The summed E-state index contributed by atoms with van der Waals surface area (Å²) in [4.78, 5) is 38.7. The standard InChI is InChI=1S/C25H16BrCl3N2O4S/c26-16-9-14(6-8-21(16)35-13-15-5-7-17(27)19(29)10-15)11-22-24(33)31(25(34)36-22)12-23(32)30-20-4-2-1-3-18(20)28/h1-11H,12-13H2,(H,30,32)/b22-11+. The number of carbonyl (C=O) groups excluding carboxylic acids is 3. The number of rotatable bonds is 7. The molecule has 1 saturated heterocycles. The number of anilines is 1. The van der Waals surface area contributed by atoms with Crippen LogP contribution < -0.4 is 10.1 Å². The van der Waals surface area contributed by atoms with Gasteiger partial charge in [-0.25, -0.2) is 0 Å². The number of benzene rings is 3. The Hall–Kier alpha value is -2.49. The fourth-order valence-electron chi connectivity index (χ4n) is 3.20. The second-order valence-electron chi connectivity index (χ2n) is 7.52. The van der Waals surface area contributed by atoms with Crippen LogP contribution in [0.15, 0.2) is 70.0 Å². The van der Waals surface area contributed by atoms with Gasteiger partial charge in [0, 0.05) is 0 Å². The molecule has 0 atom stereocenters. The van der Waals surface area contributed by atoms with Crippen LogP contribution in [0.2, 0.25) is 15.1 Å². The van der Waals surface area contributed by atoms with Gasteiger partial charge >= 0.3 is 0 Å².